The van der Waals surface area contributed by atoms with E-state index in [1.54, 1.807) is 18.2 Å². The van der Waals surface area contributed by atoms with Gasteiger partial charge in [-0.3, -0.25) is 4.79 Å². The van der Waals surface area contributed by atoms with Crippen molar-refractivity contribution in [3.05, 3.63) is 23.8 Å². The minimum atomic E-state index is -0.436. The monoisotopic (exact) mass is 294 g/mol. The fraction of sp³-hybridized carbons (Fsp3) is 0.467. The zero-order chi connectivity index (χ0) is 15.7. The number of rotatable bonds is 8. The normalized spacial score (nSPS) is 10.0. The van der Waals surface area contributed by atoms with Gasteiger partial charge in [-0.05, 0) is 50.7 Å². The zero-order valence-corrected chi connectivity index (χ0v) is 12.7. The van der Waals surface area contributed by atoms with Gasteiger partial charge in [0.1, 0.15) is 5.75 Å². The molecule has 0 saturated carbocycles. The van der Waals surface area contributed by atoms with E-state index in [2.05, 4.69) is 15.4 Å². The van der Waals surface area contributed by atoms with Crippen LogP contribution < -0.4 is 15.4 Å². The van der Waals surface area contributed by atoms with Crippen LogP contribution in [0.5, 0.6) is 5.75 Å². The van der Waals surface area contributed by atoms with Gasteiger partial charge in [-0.1, -0.05) is 0 Å². The molecule has 0 heterocycles. The zero-order valence-electron chi connectivity index (χ0n) is 12.7. The molecule has 2 N–H and O–H groups in total. The highest BCUT2D eigenvalue weighted by Crippen LogP contribution is 2.21. The third kappa shape index (κ3) is 6.27. The Hall–Kier alpha value is -2.08. The standard InChI is InChI=1S/C15H22N2O4/c1-11-9-12(21-10-15(19)20-3)6-7-13(11)17-14(18)5-4-8-16-2/h6-7,9,16H,4-5,8,10H2,1-3H3,(H,17,18). The van der Waals surface area contributed by atoms with Crippen molar-refractivity contribution in [2.45, 2.75) is 19.8 Å². The van der Waals surface area contributed by atoms with E-state index < -0.39 is 5.97 Å². The van der Waals surface area contributed by atoms with Crippen molar-refractivity contribution >= 4 is 17.6 Å². The molecular formula is C15H22N2O4. The average molecular weight is 294 g/mol. The van der Waals surface area contributed by atoms with E-state index in [0.29, 0.717) is 12.2 Å². The highest BCUT2D eigenvalue weighted by Gasteiger charge is 2.07. The van der Waals surface area contributed by atoms with E-state index >= 15 is 0 Å². The Labute approximate surface area is 124 Å². The summed E-state index contributed by atoms with van der Waals surface area (Å²) in [5.74, 6) is 0.109. The van der Waals surface area contributed by atoms with Crippen molar-refractivity contribution in [3.63, 3.8) is 0 Å². The van der Waals surface area contributed by atoms with Gasteiger partial charge in [-0.2, -0.15) is 0 Å². The van der Waals surface area contributed by atoms with E-state index in [4.69, 9.17) is 4.74 Å². The Balaban J connectivity index is 2.53. The molecule has 0 saturated heterocycles. The number of amides is 1. The minimum absolute atomic E-state index is 0.0171. The van der Waals surface area contributed by atoms with Crippen LogP contribution in [-0.4, -0.2) is 39.2 Å². The quantitative estimate of drug-likeness (QED) is 0.561. The van der Waals surface area contributed by atoms with Crippen LogP contribution in [0, 0.1) is 6.92 Å². The molecule has 0 aromatic heterocycles. The number of hydrogen-bond acceptors (Lipinski definition) is 5. The Morgan fingerprint density at radius 2 is 2.05 bits per heavy atom. The summed E-state index contributed by atoms with van der Waals surface area (Å²) in [4.78, 5) is 22.7. The molecule has 1 rings (SSSR count). The number of ether oxygens (including phenoxy) is 2. The van der Waals surface area contributed by atoms with Crippen molar-refractivity contribution < 1.29 is 19.1 Å². The van der Waals surface area contributed by atoms with Gasteiger partial charge in [-0.25, -0.2) is 4.79 Å². The second-order valence-electron chi connectivity index (χ2n) is 4.60. The topological polar surface area (TPSA) is 76.7 Å². The molecule has 1 aromatic rings. The number of methoxy groups -OCH3 is 1. The maximum Gasteiger partial charge on any atom is 0.343 e. The molecule has 0 atom stereocenters. The molecule has 0 aliphatic carbocycles. The summed E-state index contributed by atoms with van der Waals surface area (Å²) < 4.78 is 9.78. The largest absolute Gasteiger partial charge is 0.482 e. The molecule has 0 bridgehead atoms. The molecule has 1 amide bonds. The summed E-state index contributed by atoms with van der Waals surface area (Å²) in [6.45, 7) is 2.55. The summed E-state index contributed by atoms with van der Waals surface area (Å²) in [5, 5.41) is 5.86. The van der Waals surface area contributed by atoms with E-state index in [9.17, 15) is 9.59 Å². The van der Waals surface area contributed by atoms with Gasteiger partial charge in [0.25, 0.3) is 0 Å². The first-order chi connectivity index (χ1) is 10.1. The number of aryl methyl sites for hydroxylation is 1. The second kappa shape index (κ2) is 8.97. The number of nitrogens with one attached hydrogen (secondary N) is 2. The molecule has 0 aliphatic rings. The van der Waals surface area contributed by atoms with Crippen molar-refractivity contribution in [1.29, 1.82) is 0 Å². The number of esters is 1. The number of anilines is 1. The lowest BCUT2D eigenvalue weighted by molar-refractivity contribution is -0.142. The smallest absolute Gasteiger partial charge is 0.343 e. The predicted molar refractivity (Wildman–Crippen MR) is 80.5 cm³/mol. The molecule has 6 nitrogen and oxygen atoms in total. The molecule has 0 spiro atoms. The Morgan fingerprint density at radius 1 is 1.29 bits per heavy atom. The summed E-state index contributed by atoms with van der Waals surface area (Å²) in [7, 11) is 3.17. The molecule has 0 radical (unpaired) electrons. The van der Waals surface area contributed by atoms with Crippen molar-refractivity contribution in [3.8, 4) is 5.75 Å². The maximum atomic E-state index is 11.7. The predicted octanol–water partition coefficient (Wildman–Crippen LogP) is 1.48. The first kappa shape index (κ1) is 17.0. The summed E-state index contributed by atoms with van der Waals surface area (Å²) in [5.41, 5.74) is 1.62. The van der Waals surface area contributed by atoms with Gasteiger partial charge in [-0.15, -0.1) is 0 Å². The summed E-state index contributed by atoms with van der Waals surface area (Å²) >= 11 is 0. The van der Waals surface area contributed by atoms with Crippen molar-refractivity contribution in [2.24, 2.45) is 0 Å². The molecular weight excluding hydrogens is 272 g/mol. The lowest BCUT2D eigenvalue weighted by Gasteiger charge is -2.11. The fourth-order valence-electron chi connectivity index (χ4n) is 1.71. The average Bonchev–Trinajstić information content (AvgIpc) is 2.47. The Bertz CT molecular complexity index is 489. The third-order valence-corrected chi connectivity index (χ3v) is 2.89. The number of benzene rings is 1. The van der Waals surface area contributed by atoms with Gasteiger partial charge in [0.15, 0.2) is 6.61 Å². The lowest BCUT2D eigenvalue weighted by Crippen LogP contribution is -2.16. The van der Waals surface area contributed by atoms with Crippen LogP contribution in [0.1, 0.15) is 18.4 Å². The van der Waals surface area contributed by atoms with Gasteiger partial charge >= 0.3 is 5.97 Å². The van der Waals surface area contributed by atoms with E-state index in [1.165, 1.54) is 7.11 Å². The van der Waals surface area contributed by atoms with Crippen molar-refractivity contribution in [2.75, 3.05) is 32.6 Å². The van der Waals surface area contributed by atoms with Crippen LogP contribution >= 0.6 is 0 Å². The van der Waals surface area contributed by atoms with Crippen LogP contribution in [0.2, 0.25) is 0 Å². The molecule has 0 fully saturated rings. The number of carbonyl (C=O) groups is 2. The molecule has 0 unspecified atom stereocenters. The molecule has 21 heavy (non-hydrogen) atoms. The summed E-state index contributed by atoms with van der Waals surface area (Å²) in [6.07, 6.45) is 1.27. The van der Waals surface area contributed by atoms with Crippen LogP contribution in [0.15, 0.2) is 18.2 Å². The van der Waals surface area contributed by atoms with E-state index in [0.717, 1.165) is 24.2 Å². The molecule has 6 heteroatoms. The maximum absolute atomic E-state index is 11.7. The molecule has 116 valence electrons. The van der Waals surface area contributed by atoms with Crippen LogP contribution in [-0.2, 0) is 14.3 Å². The van der Waals surface area contributed by atoms with Crippen molar-refractivity contribution in [1.82, 2.24) is 5.32 Å². The Morgan fingerprint density at radius 3 is 2.67 bits per heavy atom. The van der Waals surface area contributed by atoms with Crippen LogP contribution in [0.3, 0.4) is 0 Å². The lowest BCUT2D eigenvalue weighted by atomic mass is 10.2. The van der Waals surface area contributed by atoms with Gasteiger partial charge in [0, 0.05) is 12.1 Å². The van der Waals surface area contributed by atoms with Gasteiger partial charge in [0.05, 0.1) is 7.11 Å². The highest BCUT2D eigenvalue weighted by atomic mass is 16.6. The second-order valence-corrected chi connectivity index (χ2v) is 4.60. The third-order valence-electron chi connectivity index (χ3n) is 2.89. The summed E-state index contributed by atoms with van der Waals surface area (Å²) in [6, 6.07) is 5.24. The number of carbonyl (C=O) groups excluding carboxylic acids is 2. The van der Waals surface area contributed by atoms with E-state index in [1.807, 2.05) is 14.0 Å². The molecule has 1 aromatic carbocycles. The first-order valence-corrected chi connectivity index (χ1v) is 6.81. The first-order valence-electron chi connectivity index (χ1n) is 6.81. The number of hydrogen-bond donors (Lipinski definition) is 2. The van der Waals surface area contributed by atoms with Gasteiger partial charge < -0.3 is 20.1 Å². The fourth-order valence-corrected chi connectivity index (χ4v) is 1.71. The highest BCUT2D eigenvalue weighted by molar-refractivity contribution is 5.91. The van der Waals surface area contributed by atoms with Crippen LogP contribution in [0.25, 0.3) is 0 Å². The Kier molecular flexibility index (Phi) is 7.25. The SMILES string of the molecule is CNCCCC(=O)Nc1ccc(OCC(=O)OC)cc1C. The molecule has 0 aliphatic heterocycles. The van der Waals surface area contributed by atoms with E-state index in [-0.39, 0.29) is 12.5 Å². The van der Waals surface area contributed by atoms with Crippen LogP contribution in [0.4, 0.5) is 5.69 Å². The van der Waals surface area contributed by atoms with Gasteiger partial charge in [0.2, 0.25) is 5.91 Å². The minimum Gasteiger partial charge on any atom is -0.482 e.